The van der Waals surface area contributed by atoms with Crippen molar-refractivity contribution >= 4 is 11.7 Å². The number of ether oxygens (including phenoxy) is 1. The summed E-state index contributed by atoms with van der Waals surface area (Å²) < 4.78 is 19.2. The Balaban J connectivity index is 2.00. The molecule has 1 amide bonds. The Morgan fingerprint density at radius 2 is 1.88 bits per heavy atom. The molecule has 1 aliphatic heterocycles. The average Bonchev–Trinajstić information content (AvgIpc) is 2.58. The van der Waals surface area contributed by atoms with Crippen LogP contribution in [-0.2, 0) is 0 Å². The Hall–Kier alpha value is -2.73. The minimum absolute atomic E-state index is 0.137. The number of nitrogens with one attached hydrogen (secondary N) is 1. The Morgan fingerprint density at radius 3 is 2.54 bits per heavy atom. The number of fused-ring (bicyclic) bond motifs is 1. The number of carbonyl (C=O) groups is 2. The quantitative estimate of drug-likeness (QED) is 0.828. The van der Waals surface area contributed by atoms with E-state index in [-0.39, 0.29) is 11.3 Å². The maximum atomic E-state index is 13.4. The zero-order valence-corrected chi connectivity index (χ0v) is 14.7. The van der Waals surface area contributed by atoms with Gasteiger partial charge in [-0.1, -0.05) is 6.07 Å². The van der Waals surface area contributed by atoms with Gasteiger partial charge in [0.1, 0.15) is 23.3 Å². The molecule has 2 aromatic carbocycles. The van der Waals surface area contributed by atoms with Crippen molar-refractivity contribution in [3.05, 3.63) is 65.0 Å². The summed E-state index contributed by atoms with van der Waals surface area (Å²) in [6, 6.07) is 9.40. The second-order valence-electron chi connectivity index (χ2n) is 6.92. The van der Waals surface area contributed by atoms with Crippen LogP contribution in [0.25, 0.3) is 0 Å². The highest BCUT2D eigenvalue weighted by atomic mass is 19.1. The summed E-state index contributed by atoms with van der Waals surface area (Å²) in [5.74, 6) is -0.702. The molecular formula is C20H20FNO4. The summed E-state index contributed by atoms with van der Waals surface area (Å²) in [6.45, 7) is 4.85. The second-order valence-corrected chi connectivity index (χ2v) is 6.92. The second kappa shape index (κ2) is 6.53. The van der Waals surface area contributed by atoms with Crippen molar-refractivity contribution in [2.45, 2.75) is 38.5 Å². The van der Waals surface area contributed by atoms with Crippen molar-refractivity contribution < 1.29 is 23.8 Å². The van der Waals surface area contributed by atoms with Gasteiger partial charge in [-0.15, -0.1) is 0 Å². The summed E-state index contributed by atoms with van der Waals surface area (Å²) in [4.78, 5) is 24.2. The number of hydrogen-bond donors (Lipinski definition) is 2. The lowest BCUT2D eigenvalue weighted by Gasteiger charge is -2.42. The minimum Gasteiger partial charge on any atom is -0.485 e. The molecule has 0 spiro atoms. The van der Waals surface area contributed by atoms with E-state index in [1.165, 1.54) is 25.1 Å². The number of Topliss-reactive ketones (excluding diaryl/α,β-unsaturated/α-hetero) is 1. The highest BCUT2D eigenvalue weighted by Gasteiger charge is 2.43. The number of hydrogen-bond acceptors (Lipinski definition) is 4. The standard InChI is InChI=1S/C20H20FNO4/c1-11(23)12-7-8-16-15(10-12)17(18(24)20(2,3)26-16)22-19(25)13-5-4-6-14(21)9-13/h4-10,17-18,24H,1-3H3,(H,22,25)/t17-,18-/m0/s1. The number of aliphatic hydroxyl groups is 1. The van der Waals surface area contributed by atoms with Crippen LogP contribution >= 0.6 is 0 Å². The molecule has 0 bridgehead atoms. The van der Waals surface area contributed by atoms with Gasteiger partial charge in [-0.25, -0.2) is 4.39 Å². The van der Waals surface area contributed by atoms with E-state index >= 15 is 0 Å². The molecule has 26 heavy (non-hydrogen) atoms. The number of halogens is 1. The number of ketones is 1. The van der Waals surface area contributed by atoms with Crippen LogP contribution < -0.4 is 10.1 Å². The van der Waals surface area contributed by atoms with E-state index in [2.05, 4.69) is 5.32 Å². The third-order valence-electron chi connectivity index (χ3n) is 4.53. The number of aliphatic hydroxyl groups excluding tert-OH is 1. The van der Waals surface area contributed by atoms with Gasteiger partial charge in [0, 0.05) is 16.7 Å². The molecule has 136 valence electrons. The van der Waals surface area contributed by atoms with Crippen molar-refractivity contribution in [2.24, 2.45) is 0 Å². The molecule has 0 aromatic heterocycles. The lowest BCUT2D eigenvalue weighted by molar-refractivity contribution is -0.0627. The molecule has 0 fully saturated rings. The Morgan fingerprint density at radius 1 is 1.15 bits per heavy atom. The van der Waals surface area contributed by atoms with Crippen LogP contribution in [0.2, 0.25) is 0 Å². The molecule has 3 rings (SSSR count). The summed E-state index contributed by atoms with van der Waals surface area (Å²) in [6.07, 6.45) is -1.06. The van der Waals surface area contributed by atoms with Crippen LogP contribution in [0.5, 0.6) is 5.75 Å². The van der Waals surface area contributed by atoms with Crippen LogP contribution in [-0.4, -0.2) is 28.5 Å². The van der Waals surface area contributed by atoms with Gasteiger partial charge in [-0.3, -0.25) is 9.59 Å². The molecule has 0 saturated heterocycles. The maximum Gasteiger partial charge on any atom is 0.251 e. The predicted octanol–water partition coefficient (Wildman–Crippen LogP) is 3.03. The number of benzene rings is 2. The summed E-state index contributed by atoms with van der Waals surface area (Å²) in [7, 11) is 0. The number of rotatable bonds is 3. The smallest absolute Gasteiger partial charge is 0.251 e. The van der Waals surface area contributed by atoms with Gasteiger partial charge >= 0.3 is 0 Å². The maximum absolute atomic E-state index is 13.4. The largest absolute Gasteiger partial charge is 0.485 e. The first kappa shape index (κ1) is 18.1. The van der Waals surface area contributed by atoms with E-state index in [1.807, 2.05) is 0 Å². The molecule has 1 heterocycles. The van der Waals surface area contributed by atoms with Crippen molar-refractivity contribution in [2.75, 3.05) is 0 Å². The molecule has 0 unspecified atom stereocenters. The first-order valence-electron chi connectivity index (χ1n) is 8.27. The molecule has 2 N–H and O–H groups in total. The molecule has 5 nitrogen and oxygen atoms in total. The van der Waals surface area contributed by atoms with Crippen LogP contribution in [0.4, 0.5) is 4.39 Å². The zero-order valence-electron chi connectivity index (χ0n) is 14.7. The Kier molecular flexibility index (Phi) is 4.54. The summed E-state index contributed by atoms with van der Waals surface area (Å²) in [5, 5.41) is 13.5. The molecule has 0 aliphatic carbocycles. The highest BCUT2D eigenvalue weighted by molar-refractivity contribution is 5.95. The fourth-order valence-electron chi connectivity index (χ4n) is 3.03. The number of carbonyl (C=O) groups excluding carboxylic acids is 2. The van der Waals surface area contributed by atoms with Gasteiger partial charge in [0.15, 0.2) is 5.78 Å². The molecular weight excluding hydrogens is 337 g/mol. The first-order valence-corrected chi connectivity index (χ1v) is 8.27. The van der Waals surface area contributed by atoms with Gasteiger partial charge in [0.2, 0.25) is 0 Å². The highest BCUT2D eigenvalue weighted by Crippen LogP contribution is 2.40. The van der Waals surface area contributed by atoms with Crippen molar-refractivity contribution in [3.63, 3.8) is 0 Å². The Bertz CT molecular complexity index is 878. The molecule has 1 aliphatic rings. The van der Waals surface area contributed by atoms with Crippen LogP contribution in [0.15, 0.2) is 42.5 Å². The fourth-order valence-corrected chi connectivity index (χ4v) is 3.03. The monoisotopic (exact) mass is 357 g/mol. The SMILES string of the molecule is CC(=O)c1ccc2c(c1)[C@H](NC(=O)c1cccc(F)c1)[C@H](O)C(C)(C)O2. The van der Waals surface area contributed by atoms with Crippen molar-refractivity contribution in [1.82, 2.24) is 5.32 Å². The van der Waals surface area contributed by atoms with Crippen molar-refractivity contribution in [3.8, 4) is 5.75 Å². The predicted molar refractivity (Wildman–Crippen MR) is 93.8 cm³/mol. The lowest BCUT2D eigenvalue weighted by atomic mass is 9.85. The van der Waals surface area contributed by atoms with E-state index in [4.69, 9.17) is 4.74 Å². The summed E-state index contributed by atoms with van der Waals surface area (Å²) in [5.41, 5.74) is 0.147. The van der Waals surface area contributed by atoms with E-state index in [0.717, 1.165) is 6.07 Å². The third kappa shape index (κ3) is 3.32. The van der Waals surface area contributed by atoms with Gasteiger partial charge in [-0.05, 0) is 57.2 Å². The normalized spacial score (nSPS) is 20.7. The van der Waals surface area contributed by atoms with Crippen molar-refractivity contribution in [1.29, 1.82) is 0 Å². The Labute approximate surface area is 150 Å². The third-order valence-corrected chi connectivity index (χ3v) is 4.53. The van der Waals surface area contributed by atoms with Crippen LogP contribution in [0.1, 0.15) is 53.1 Å². The lowest BCUT2D eigenvalue weighted by Crippen LogP contribution is -2.53. The fraction of sp³-hybridized carbons (Fsp3) is 0.300. The molecule has 2 aromatic rings. The molecule has 2 atom stereocenters. The molecule has 0 saturated carbocycles. The van der Waals surface area contributed by atoms with E-state index in [9.17, 15) is 19.1 Å². The number of amides is 1. The van der Waals surface area contributed by atoms with Gasteiger partial charge in [0.25, 0.3) is 5.91 Å². The van der Waals surface area contributed by atoms with Gasteiger partial charge in [0.05, 0.1) is 6.04 Å². The average molecular weight is 357 g/mol. The molecule has 0 radical (unpaired) electrons. The van der Waals surface area contributed by atoms with E-state index < -0.39 is 29.5 Å². The van der Waals surface area contributed by atoms with E-state index in [1.54, 1.807) is 32.0 Å². The van der Waals surface area contributed by atoms with Crippen LogP contribution in [0.3, 0.4) is 0 Å². The zero-order chi connectivity index (χ0) is 19.1. The topological polar surface area (TPSA) is 75.6 Å². The minimum atomic E-state index is -1.06. The summed E-state index contributed by atoms with van der Waals surface area (Å²) >= 11 is 0. The molecule has 6 heteroatoms. The van der Waals surface area contributed by atoms with Gasteiger partial charge in [-0.2, -0.15) is 0 Å². The van der Waals surface area contributed by atoms with Gasteiger partial charge < -0.3 is 15.2 Å². The van der Waals surface area contributed by atoms with Crippen LogP contribution in [0, 0.1) is 5.82 Å². The first-order chi connectivity index (χ1) is 12.2. The van der Waals surface area contributed by atoms with E-state index in [0.29, 0.717) is 16.9 Å².